The fourth-order valence-electron chi connectivity index (χ4n) is 2.46. The van der Waals surface area contributed by atoms with Crippen molar-refractivity contribution in [3.63, 3.8) is 0 Å². The van der Waals surface area contributed by atoms with Crippen LogP contribution < -0.4 is 15.4 Å². The molecule has 2 unspecified atom stereocenters. The summed E-state index contributed by atoms with van der Waals surface area (Å²) in [5.74, 6) is 1.26. The van der Waals surface area contributed by atoms with Crippen LogP contribution in [-0.2, 0) is 9.53 Å². The standard InChI is InChI=1S/C16H20N4O4/c1-10(18-15(21)12-9-23-8-7-17-12)16-19-14(20-24-16)11-5-3-4-6-13(11)22-2/h3-6,10,12,17H,7-9H2,1-2H3,(H,18,21). The number of benzene rings is 1. The Labute approximate surface area is 139 Å². The monoisotopic (exact) mass is 332 g/mol. The Morgan fingerprint density at radius 3 is 3.04 bits per heavy atom. The molecule has 2 atom stereocenters. The van der Waals surface area contributed by atoms with Gasteiger partial charge in [0.25, 0.3) is 0 Å². The molecular formula is C16H20N4O4. The number of methoxy groups -OCH3 is 1. The van der Waals surface area contributed by atoms with Crippen molar-refractivity contribution in [3.05, 3.63) is 30.2 Å². The van der Waals surface area contributed by atoms with E-state index in [1.54, 1.807) is 14.0 Å². The second-order valence-electron chi connectivity index (χ2n) is 5.47. The van der Waals surface area contributed by atoms with Crippen molar-refractivity contribution in [2.24, 2.45) is 0 Å². The van der Waals surface area contributed by atoms with E-state index in [0.717, 1.165) is 5.56 Å². The lowest BCUT2D eigenvalue weighted by Crippen LogP contribution is -2.51. The van der Waals surface area contributed by atoms with Gasteiger partial charge in [0, 0.05) is 6.54 Å². The molecule has 0 aliphatic carbocycles. The van der Waals surface area contributed by atoms with Crippen LogP contribution >= 0.6 is 0 Å². The van der Waals surface area contributed by atoms with Gasteiger partial charge in [0.15, 0.2) is 0 Å². The van der Waals surface area contributed by atoms with Crippen LogP contribution in [0.1, 0.15) is 18.9 Å². The fourth-order valence-corrected chi connectivity index (χ4v) is 2.46. The zero-order chi connectivity index (χ0) is 16.9. The lowest BCUT2D eigenvalue weighted by atomic mass is 10.2. The topological polar surface area (TPSA) is 98.5 Å². The van der Waals surface area contributed by atoms with E-state index in [4.69, 9.17) is 14.0 Å². The maximum atomic E-state index is 12.2. The molecule has 2 N–H and O–H groups in total. The molecule has 1 saturated heterocycles. The molecule has 128 valence electrons. The van der Waals surface area contributed by atoms with Crippen molar-refractivity contribution in [1.82, 2.24) is 20.8 Å². The molecular weight excluding hydrogens is 312 g/mol. The number of amides is 1. The van der Waals surface area contributed by atoms with Crippen LogP contribution in [0.15, 0.2) is 28.8 Å². The molecule has 1 amide bonds. The second kappa shape index (κ2) is 7.41. The quantitative estimate of drug-likeness (QED) is 0.839. The number of aromatic nitrogens is 2. The summed E-state index contributed by atoms with van der Waals surface area (Å²) in [6.07, 6.45) is 0. The summed E-state index contributed by atoms with van der Waals surface area (Å²) in [5.41, 5.74) is 0.732. The molecule has 0 radical (unpaired) electrons. The van der Waals surface area contributed by atoms with Crippen LogP contribution in [0.25, 0.3) is 11.4 Å². The summed E-state index contributed by atoms with van der Waals surface area (Å²) in [6.45, 7) is 3.42. The van der Waals surface area contributed by atoms with E-state index in [2.05, 4.69) is 20.8 Å². The molecule has 24 heavy (non-hydrogen) atoms. The van der Waals surface area contributed by atoms with Gasteiger partial charge < -0.3 is 24.6 Å². The van der Waals surface area contributed by atoms with Gasteiger partial charge in [-0.25, -0.2) is 0 Å². The highest BCUT2D eigenvalue weighted by Crippen LogP contribution is 2.27. The Morgan fingerprint density at radius 2 is 2.29 bits per heavy atom. The third-order valence-electron chi connectivity index (χ3n) is 3.76. The maximum absolute atomic E-state index is 12.2. The minimum Gasteiger partial charge on any atom is -0.496 e. The van der Waals surface area contributed by atoms with E-state index in [0.29, 0.717) is 37.2 Å². The predicted molar refractivity (Wildman–Crippen MR) is 85.5 cm³/mol. The minimum absolute atomic E-state index is 0.153. The number of ether oxygens (including phenoxy) is 2. The summed E-state index contributed by atoms with van der Waals surface area (Å²) >= 11 is 0. The summed E-state index contributed by atoms with van der Waals surface area (Å²) in [4.78, 5) is 16.6. The van der Waals surface area contributed by atoms with E-state index in [-0.39, 0.29) is 11.9 Å². The van der Waals surface area contributed by atoms with Crippen LogP contribution in [-0.4, -0.2) is 49.0 Å². The van der Waals surface area contributed by atoms with Gasteiger partial charge in [-0.2, -0.15) is 4.98 Å². The first-order valence-electron chi connectivity index (χ1n) is 7.77. The maximum Gasteiger partial charge on any atom is 0.249 e. The fraction of sp³-hybridized carbons (Fsp3) is 0.438. The lowest BCUT2D eigenvalue weighted by molar-refractivity contribution is -0.126. The molecule has 2 aromatic rings. The van der Waals surface area contributed by atoms with E-state index < -0.39 is 6.04 Å². The number of rotatable bonds is 5. The molecule has 1 aliphatic rings. The zero-order valence-electron chi connectivity index (χ0n) is 13.6. The number of carbonyl (C=O) groups is 1. The van der Waals surface area contributed by atoms with Gasteiger partial charge >= 0.3 is 0 Å². The summed E-state index contributed by atoms with van der Waals surface area (Å²) in [6, 6.07) is 6.64. The summed E-state index contributed by atoms with van der Waals surface area (Å²) < 4.78 is 15.9. The molecule has 0 bridgehead atoms. The van der Waals surface area contributed by atoms with Crippen molar-refractivity contribution in [2.45, 2.75) is 19.0 Å². The normalized spacial score (nSPS) is 18.8. The van der Waals surface area contributed by atoms with Crippen molar-refractivity contribution in [1.29, 1.82) is 0 Å². The molecule has 2 heterocycles. The van der Waals surface area contributed by atoms with Crippen LogP contribution in [0.4, 0.5) is 0 Å². The Hall–Kier alpha value is -2.45. The van der Waals surface area contributed by atoms with E-state index in [1.165, 1.54) is 0 Å². The van der Waals surface area contributed by atoms with Crippen LogP contribution in [0.3, 0.4) is 0 Å². The molecule has 1 aliphatic heterocycles. The summed E-state index contributed by atoms with van der Waals surface area (Å²) in [5, 5.41) is 9.93. The van der Waals surface area contributed by atoms with Crippen LogP contribution in [0.5, 0.6) is 5.75 Å². The second-order valence-corrected chi connectivity index (χ2v) is 5.47. The highest BCUT2D eigenvalue weighted by atomic mass is 16.5. The molecule has 8 nitrogen and oxygen atoms in total. The summed E-state index contributed by atoms with van der Waals surface area (Å²) in [7, 11) is 1.59. The third kappa shape index (κ3) is 3.55. The average Bonchev–Trinajstić information content (AvgIpc) is 3.12. The van der Waals surface area contributed by atoms with Crippen LogP contribution in [0.2, 0.25) is 0 Å². The molecule has 1 aromatic heterocycles. The van der Waals surface area contributed by atoms with Gasteiger partial charge in [-0.3, -0.25) is 4.79 Å². The highest BCUT2D eigenvalue weighted by molar-refractivity contribution is 5.82. The molecule has 1 fully saturated rings. The van der Waals surface area contributed by atoms with E-state index in [1.807, 2.05) is 24.3 Å². The van der Waals surface area contributed by atoms with Crippen molar-refractivity contribution in [2.75, 3.05) is 26.9 Å². The Balaban J connectivity index is 1.69. The first-order chi connectivity index (χ1) is 11.7. The number of hydrogen-bond acceptors (Lipinski definition) is 7. The van der Waals surface area contributed by atoms with Gasteiger partial charge in [-0.15, -0.1) is 0 Å². The van der Waals surface area contributed by atoms with E-state index in [9.17, 15) is 4.79 Å². The van der Waals surface area contributed by atoms with Gasteiger partial charge in [0.2, 0.25) is 17.6 Å². The van der Waals surface area contributed by atoms with Gasteiger partial charge in [-0.1, -0.05) is 17.3 Å². The number of morpholine rings is 1. The zero-order valence-corrected chi connectivity index (χ0v) is 13.6. The van der Waals surface area contributed by atoms with Crippen molar-refractivity contribution < 1.29 is 18.8 Å². The predicted octanol–water partition coefficient (Wildman–Crippen LogP) is 0.911. The Bertz CT molecular complexity index is 697. The van der Waals surface area contributed by atoms with Gasteiger partial charge in [0.1, 0.15) is 17.8 Å². The largest absolute Gasteiger partial charge is 0.496 e. The highest BCUT2D eigenvalue weighted by Gasteiger charge is 2.25. The number of nitrogens with one attached hydrogen (secondary N) is 2. The number of carbonyl (C=O) groups excluding carboxylic acids is 1. The Morgan fingerprint density at radius 1 is 1.46 bits per heavy atom. The van der Waals surface area contributed by atoms with E-state index >= 15 is 0 Å². The van der Waals surface area contributed by atoms with Crippen molar-refractivity contribution in [3.8, 4) is 17.1 Å². The van der Waals surface area contributed by atoms with Gasteiger partial charge in [-0.05, 0) is 19.1 Å². The molecule has 0 saturated carbocycles. The molecule has 8 heteroatoms. The molecule has 3 rings (SSSR count). The third-order valence-corrected chi connectivity index (χ3v) is 3.76. The average molecular weight is 332 g/mol. The molecule has 1 aromatic carbocycles. The van der Waals surface area contributed by atoms with Crippen molar-refractivity contribution >= 4 is 5.91 Å². The molecule has 0 spiro atoms. The number of para-hydroxylation sites is 1. The van der Waals surface area contributed by atoms with Gasteiger partial charge in [0.05, 0.1) is 25.9 Å². The first-order valence-corrected chi connectivity index (χ1v) is 7.77. The minimum atomic E-state index is -0.405. The number of nitrogens with zero attached hydrogens (tertiary/aromatic N) is 2. The Kier molecular flexibility index (Phi) is 5.07. The SMILES string of the molecule is COc1ccccc1-c1noc(C(C)NC(=O)C2COCCN2)n1. The first kappa shape index (κ1) is 16.4. The van der Waals surface area contributed by atoms with Crippen LogP contribution in [0, 0.1) is 0 Å². The lowest BCUT2D eigenvalue weighted by Gasteiger charge is -2.23. The smallest absolute Gasteiger partial charge is 0.249 e. The number of hydrogen-bond donors (Lipinski definition) is 2.